The summed E-state index contributed by atoms with van der Waals surface area (Å²) in [6, 6.07) is 11.7. The Balaban J connectivity index is 1.60. The van der Waals surface area contributed by atoms with E-state index in [9.17, 15) is 0 Å². The van der Waals surface area contributed by atoms with E-state index in [0.29, 0.717) is 6.04 Å². The SMILES string of the molecule is CCCCCN(Cc1cccc2c1CC=C2)C1CCCc2cccnc21. The van der Waals surface area contributed by atoms with Gasteiger partial charge in [-0.1, -0.05) is 56.2 Å². The fourth-order valence-corrected chi connectivity index (χ4v) is 4.58. The lowest BCUT2D eigenvalue weighted by Gasteiger charge is -2.35. The molecule has 0 amide bonds. The summed E-state index contributed by atoms with van der Waals surface area (Å²) in [5.74, 6) is 0. The molecule has 2 heteroatoms. The van der Waals surface area contributed by atoms with Crippen LogP contribution in [0.25, 0.3) is 6.08 Å². The molecule has 136 valence electrons. The molecule has 2 aromatic rings. The summed E-state index contributed by atoms with van der Waals surface area (Å²) in [6.07, 6.45) is 15.2. The highest BCUT2D eigenvalue weighted by atomic mass is 15.2. The van der Waals surface area contributed by atoms with E-state index in [1.807, 2.05) is 6.20 Å². The number of rotatable bonds is 7. The molecule has 1 atom stereocenters. The zero-order valence-electron chi connectivity index (χ0n) is 16.0. The fraction of sp³-hybridized carbons (Fsp3) is 0.458. The molecule has 1 unspecified atom stereocenters. The minimum Gasteiger partial charge on any atom is -0.290 e. The van der Waals surface area contributed by atoms with E-state index >= 15 is 0 Å². The van der Waals surface area contributed by atoms with E-state index in [2.05, 4.69) is 54.3 Å². The van der Waals surface area contributed by atoms with Gasteiger partial charge in [0.1, 0.15) is 0 Å². The van der Waals surface area contributed by atoms with E-state index in [-0.39, 0.29) is 0 Å². The zero-order valence-corrected chi connectivity index (χ0v) is 16.0. The Morgan fingerprint density at radius 3 is 3.04 bits per heavy atom. The van der Waals surface area contributed by atoms with Crippen LogP contribution in [0.1, 0.15) is 73.0 Å². The molecule has 0 fully saturated rings. The second-order valence-electron chi connectivity index (χ2n) is 7.72. The molecule has 0 saturated carbocycles. The van der Waals surface area contributed by atoms with E-state index in [1.165, 1.54) is 73.0 Å². The van der Waals surface area contributed by atoms with Crippen molar-refractivity contribution in [3.63, 3.8) is 0 Å². The number of fused-ring (bicyclic) bond motifs is 2. The summed E-state index contributed by atoms with van der Waals surface area (Å²) in [5, 5.41) is 0. The highest BCUT2D eigenvalue weighted by Gasteiger charge is 2.27. The molecule has 2 nitrogen and oxygen atoms in total. The lowest BCUT2D eigenvalue weighted by atomic mass is 9.90. The van der Waals surface area contributed by atoms with Crippen molar-refractivity contribution in [2.75, 3.05) is 6.54 Å². The van der Waals surface area contributed by atoms with Crippen LogP contribution in [-0.4, -0.2) is 16.4 Å². The Labute approximate surface area is 158 Å². The topological polar surface area (TPSA) is 16.1 Å². The molecule has 26 heavy (non-hydrogen) atoms. The largest absolute Gasteiger partial charge is 0.290 e. The molecule has 1 heterocycles. The van der Waals surface area contributed by atoms with Crippen LogP contribution in [0.3, 0.4) is 0 Å². The normalized spacial score (nSPS) is 18.2. The second kappa shape index (κ2) is 8.18. The molecule has 4 rings (SSSR count). The Hall–Kier alpha value is -1.93. The zero-order chi connectivity index (χ0) is 17.8. The van der Waals surface area contributed by atoms with Gasteiger partial charge in [-0.15, -0.1) is 0 Å². The maximum absolute atomic E-state index is 4.81. The Kier molecular flexibility index (Phi) is 5.50. The minimum absolute atomic E-state index is 0.474. The maximum atomic E-state index is 4.81. The lowest BCUT2D eigenvalue weighted by molar-refractivity contribution is 0.162. The van der Waals surface area contributed by atoms with Crippen LogP contribution in [0.2, 0.25) is 0 Å². The number of aryl methyl sites for hydroxylation is 1. The standard InChI is InChI=1S/C24H30N2/c1-2-3-4-17-26(18-21-12-5-9-19-10-6-14-22(19)21)23-15-7-11-20-13-8-16-25-24(20)23/h5-6,8-10,12-13,16,23H,2-4,7,11,14-15,17-18H2,1H3. The number of pyridine rings is 1. The average molecular weight is 347 g/mol. The van der Waals surface area contributed by atoms with Gasteiger partial charge in [0.05, 0.1) is 11.7 Å². The molecule has 2 aliphatic rings. The Morgan fingerprint density at radius 2 is 2.12 bits per heavy atom. The van der Waals surface area contributed by atoms with Crippen molar-refractivity contribution < 1.29 is 0 Å². The first-order valence-electron chi connectivity index (χ1n) is 10.3. The van der Waals surface area contributed by atoms with Crippen LogP contribution in [0.4, 0.5) is 0 Å². The number of benzene rings is 1. The Morgan fingerprint density at radius 1 is 1.15 bits per heavy atom. The van der Waals surface area contributed by atoms with Gasteiger partial charge < -0.3 is 0 Å². The summed E-state index contributed by atoms with van der Waals surface area (Å²) in [5.41, 5.74) is 7.25. The Bertz CT molecular complexity index is 778. The maximum Gasteiger partial charge on any atom is 0.0607 e. The van der Waals surface area contributed by atoms with Crippen LogP contribution in [0.15, 0.2) is 42.6 Å². The third-order valence-corrected chi connectivity index (χ3v) is 5.96. The predicted octanol–water partition coefficient (Wildman–Crippen LogP) is 5.72. The van der Waals surface area contributed by atoms with Gasteiger partial charge in [-0.3, -0.25) is 9.88 Å². The highest BCUT2D eigenvalue weighted by Crippen LogP contribution is 2.35. The number of nitrogens with zero attached hydrogens (tertiary/aromatic N) is 2. The van der Waals surface area contributed by atoms with Gasteiger partial charge in [-0.05, 0) is 67.0 Å². The number of aromatic nitrogens is 1. The van der Waals surface area contributed by atoms with Crippen molar-refractivity contribution in [3.8, 4) is 0 Å². The number of hydrogen-bond donors (Lipinski definition) is 0. The summed E-state index contributed by atoms with van der Waals surface area (Å²) in [7, 11) is 0. The quantitative estimate of drug-likeness (QED) is 0.596. The summed E-state index contributed by atoms with van der Waals surface area (Å²) in [4.78, 5) is 7.53. The van der Waals surface area contributed by atoms with Crippen molar-refractivity contribution in [1.82, 2.24) is 9.88 Å². The lowest BCUT2D eigenvalue weighted by Crippen LogP contribution is -2.33. The van der Waals surface area contributed by atoms with E-state index in [4.69, 9.17) is 4.98 Å². The fourth-order valence-electron chi connectivity index (χ4n) is 4.58. The number of allylic oxidation sites excluding steroid dienone is 1. The van der Waals surface area contributed by atoms with E-state index in [1.54, 1.807) is 0 Å². The molecule has 0 spiro atoms. The van der Waals surface area contributed by atoms with Gasteiger partial charge >= 0.3 is 0 Å². The second-order valence-corrected chi connectivity index (χ2v) is 7.72. The van der Waals surface area contributed by atoms with Gasteiger partial charge in [-0.2, -0.15) is 0 Å². The molecular formula is C24H30N2. The van der Waals surface area contributed by atoms with Gasteiger partial charge in [-0.25, -0.2) is 0 Å². The molecular weight excluding hydrogens is 316 g/mol. The molecule has 0 bridgehead atoms. The van der Waals surface area contributed by atoms with Gasteiger partial charge in [0.15, 0.2) is 0 Å². The highest BCUT2D eigenvalue weighted by molar-refractivity contribution is 5.61. The van der Waals surface area contributed by atoms with Crippen LogP contribution in [0, 0.1) is 0 Å². The van der Waals surface area contributed by atoms with Gasteiger partial charge in [0.25, 0.3) is 0 Å². The van der Waals surface area contributed by atoms with Gasteiger partial charge in [0, 0.05) is 12.7 Å². The molecule has 0 saturated heterocycles. The van der Waals surface area contributed by atoms with Crippen molar-refractivity contribution in [1.29, 1.82) is 0 Å². The smallest absolute Gasteiger partial charge is 0.0607 e. The molecule has 1 aromatic carbocycles. The monoisotopic (exact) mass is 346 g/mol. The predicted molar refractivity (Wildman–Crippen MR) is 109 cm³/mol. The third-order valence-electron chi connectivity index (χ3n) is 5.96. The molecule has 2 aliphatic carbocycles. The number of unbranched alkanes of at least 4 members (excludes halogenated alkanes) is 2. The first kappa shape index (κ1) is 17.5. The molecule has 0 N–H and O–H groups in total. The van der Waals surface area contributed by atoms with Crippen molar-refractivity contribution >= 4 is 6.08 Å². The third kappa shape index (κ3) is 3.61. The van der Waals surface area contributed by atoms with Gasteiger partial charge in [0.2, 0.25) is 0 Å². The van der Waals surface area contributed by atoms with Crippen LogP contribution in [-0.2, 0) is 19.4 Å². The van der Waals surface area contributed by atoms with Crippen LogP contribution < -0.4 is 0 Å². The number of hydrogen-bond acceptors (Lipinski definition) is 2. The van der Waals surface area contributed by atoms with E-state index in [0.717, 1.165) is 13.0 Å². The van der Waals surface area contributed by atoms with E-state index < -0.39 is 0 Å². The minimum atomic E-state index is 0.474. The summed E-state index contributed by atoms with van der Waals surface area (Å²) >= 11 is 0. The van der Waals surface area contributed by atoms with Crippen LogP contribution >= 0.6 is 0 Å². The first-order valence-corrected chi connectivity index (χ1v) is 10.3. The first-order chi connectivity index (χ1) is 12.9. The van der Waals surface area contributed by atoms with Crippen molar-refractivity contribution in [2.45, 2.75) is 64.5 Å². The molecule has 0 radical (unpaired) electrons. The van der Waals surface area contributed by atoms with Crippen molar-refractivity contribution in [3.05, 3.63) is 70.6 Å². The summed E-state index contributed by atoms with van der Waals surface area (Å²) in [6.45, 7) is 4.51. The molecule has 0 aliphatic heterocycles. The average Bonchev–Trinajstić information content (AvgIpc) is 3.17. The van der Waals surface area contributed by atoms with Crippen LogP contribution in [0.5, 0.6) is 0 Å². The van der Waals surface area contributed by atoms with Crippen molar-refractivity contribution in [2.24, 2.45) is 0 Å². The summed E-state index contributed by atoms with van der Waals surface area (Å²) < 4.78 is 0. The molecule has 1 aromatic heterocycles.